The molecule has 2 aliphatic rings. The summed E-state index contributed by atoms with van der Waals surface area (Å²) in [7, 11) is 1.91. The Balaban J connectivity index is 0.00000210. The molecule has 1 amide bonds. The molecule has 0 saturated carbocycles. The van der Waals surface area contributed by atoms with Crippen molar-refractivity contribution in [1.82, 2.24) is 20.0 Å². The Morgan fingerprint density at radius 1 is 1.33 bits per heavy atom. The second kappa shape index (κ2) is 7.98. The number of carbonyl (C=O) groups excluding carboxylic acids is 1. The number of benzene rings is 1. The van der Waals surface area contributed by atoms with E-state index in [-0.39, 0.29) is 30.2 Å². The summed E-state index contributed by atoms with van der Waals surface area (Å²) in [6, 6.07) is 5.37. The summed E-state index contributed by atoms with van der Waals surface area (Å²) in [5.41, 5.74) is 3.81. The normalized spacial score (nSPS) is 18.5. The van der Waals surface area contributed by atoms with Gasteiger partial charge in [0.15, 0.2) is 5.69 Å². The van der Waals surface area contributed by atoms with E-state index in [4.69, 9.17) is 0 Å². The zero-order chi connectivity index (χ0) is 18.3. The van der Waals surface area contributed by atoms with Crippen molar-refractivity contribution in [1.29, 1.82) is 0 Å². The number of halogens is 2. The number of hydrogen-bond donors (Lipinski definition) is 1. The standard InChI is InChI=1S/C20H25FN4O.ClH/c1-13-8-9-18(16(21)11-13)25-17-7-3-6-15(17)19(23-25)20(26)24-10-4-5-14(24)12-22-2;/h8-9,11,14,22H,3-7,10,12H2,1-2H3;1H. The molecule has 1 fully saturated rings. The minimum absolute atomic E-state index is 0. The van der Waals surface area contributed by atoms with Crippen LogP contribution in [0.5, 0.6) is 0 Å². The first-order valence-corrected chi connectivity index (χ1v) is 9.43. The van der Waals surface area contributed by atoms with E-state index in [1.54, 1.807) is 10.7 Å². The highest BCUT2D eigenvalue weighted by Gasteiger charge is 2.34. The van der Waals surface area contributed by atoms with E-state index in [1.165, 1.54) is 6.07 Å². The number of carbonyl (C=O) groups is 1. The maximum absolute atomic E-state index is 14.5. The number of likely N-dealkylation sites (N-methyl/N-ethyl adjacent to an activating group) is 1. The van der Waals surface area contributed by atoms with E-state index < -0.39 is 0 Å². The van der Waals surface area contributed by atoms with Gasteiger partial charge < -0.3 is 10.2 Å². The van der Waals surface area contributed by atoms with Crippen LogP contribution in [0, 0.1) is 12.7 Å². The molecule has 1 aliphatic heterocycles. The second-order valence-electron chi connectivity index (χ2n) is 7.35. The van der Waals surface area contributed by atoms with Crippen molar-refractivity contribution in [2.75, 3.05) is 20.1 Å². The molecular formula is C20H26ClFN4O. The van der Waals surface area contributed by atoms with Crippen molar-refractivity contribution in [2.45, 2.75) is 45.1 Å². The molecule has 0 spiro atoms. The summed E-state index contributed by atoms with van der Waals surface area (Å²) in [6.07, 6.45) is 4.70. The van der Waals surface area contributed by atoms with E-state index in [2.05, 4.69) is 10.4 Å². The highest BCUT2D eigenvalue weighted by atomic mass is 35.5. The van der Waals surface area contributed by atoms with Gasteiger partial charge in [0.1, 0.15) is 11.5 Å². The lowest BCUT2D eigenvalue weighted by atomic mass is 10.1. The summed E-state index contributed by atoms with van der Waals surface area (Å²) in [4.78, 5) is 15.1. The van der Waals surface area contributed by atoms with Crippen molar-refractivity contribution in [3.8, 4) is 5.69 Å². The number of rotatable bonds is 4. The van der Waals surface area contributed by atoms with Gasteiger partial charge in [-0.05, 0) is 63.8 Å². The molecule has 1 unspecified atom stereocenters. The fraction of sp³-hybridized carbons (Fsp3) is 0.500. The third kappa shape index (κ3) is 3.48. The van der Waals surface area contributed by atoms with E-state index in [9.17, 15) is 9.18 Å². The van der Waals surface area contributed by atoms with Gasteiger partial charge in [0.05, 0.1) is 0 Å². The van der Waals surface area contributed by atoms with Gasteiger partial charge >= 0.3 is 0 Å². The van der Waals surface area contributed by atoms with E-state index in [0.29, 0.717) is 11.4 Å². The van der Waals surface area contributed by atoms with Crippen LogP contribution in [-0.2, 0) is 12.8 Å². The maximum Gasteiger partial charge on any atom is 0.274 e. The Hall–Kier alpha value is -1.92. The monoisotopic (exact) mass is 392 g/mol. The maximum atomic E-state index is 14.5. The van der Waals surface area contributed by atoms with E-state index >= 15 is 0 Å². The topological polar surface area (TPSA) is 50.2 Å². The molecule has 0 radical (unpaired) electrons. The van der Waals surface area contributed by atoms with Gasteiger partial charge in [-0.1, -0.05) is 6.07 Å². The van der Waals surface area contributed by atoms with Crippen LogP contribution in [0.25, 0.3) is 5.69 Å². The SMILES string of the molecule is CNCC1CCCN1C(=O)c1nn(-c2ccc(C)cc2F)c2c1CCC2.Cl. The van der Waals surface area contributed by atoms with E-state index in [0.717, 1.165) is 62.0 Å². The summed E-state index contributed by atoms with van der Waals surface area (Å²) in [5, 5.41) is 7.77. The van der Waals surface area contributed by atoms with Crippen molar-refractivity contribution in [2.24, 2.45) is 0 Å². The van der Waals surface area contributed by atoms with E-state index in [1.807, 2.05) is 24.9 Å². The zero-order valence-corrected chi connectivity index (χ0v) is 16.6. The molecule has 2 aromatic rings. The molecule has 1 N–H and O–H groups in total. The lowest BCUT2D eigenvalue weighted by molar-refractivity contribution is 0.0729. The fourth-order valence-electron chi connectivity index (χ4n) is 4.28. The second-order valence-corrected chi connectivity index (χ2v) is 7.35. The van der Waals surface area contributed by atoms with Crippen molar-refractivity contribution < 1.29 is 9.18 Å². The van der Waals surface area contributed by atoms with Gasteiger partial charge in [-0.3, -0.25) is 4.79 Å². The molecule has 1 aliphatic carbocycles. The molecular weight excluding hydrogens is 367 g/mol. The highest BCUT2D eigenvalue weighted by Crippen LogP contribution is 2.31. The van der Waals surface area contributed by atoms with Crippen LogP contribution < -0.4 is 5.32 Å². The predicted octanol–water partition coefficient (Wildman–Crippen LogP) is 3.05. The van der Waals surface area contributed by atoms with Gasteiger partial charge in [-0.25, -0.2) is 9.07 Å². The average molecular weight is 393 g/mol. The third-order valence-electron chi connectivity index (χ3n) is 5.54. The summed E-state index contributed by atoms with van der Waals surface area (Å²) in [5.74, 6) is -0.303. The van der Waals surface area contributed by atoms with Gasteiger partial charge in [0, 0.05) is 30.4 Å². The third-order valence-corrected chi connectivity index (χ3v) is 5.54. The van der Waals surface area contributed by atoms with Crippen LogP contribution in [0.15, 0.2) is 18.2 Å². The van der Waals surface area contributed by atoms with Crippen LogP contribution in [0.1, 0.15) is 46.6 Å². The van der Waals surface area contributed by atoms with Crippen LogP contribution in [-0.4, -0.2) is 46.8 Å². The molecule has 0 bridgehead atoms. The Bertz CT molecular complexity index is 851. The molecule has 4 rings (SSSR count). The minimum Gasteiger partial charge on any atom is -0.333 e. The molecule has 5 nitrogen and oxygen atoms in total. The summed E-state index contributed by atoms with van der Waals surface area (Å²) < 4.78 is 16.2. The molecule has 1 aromatic carbocycles. The van der Waals surface area contributed by atoms with Gasteiger partial charge in [-0.2, -0.15) is 5.10 Å². The van der Waals surface area contributed by atoms with Gasteiger partial charge in [0.2, 0.25) is 0 Å². The fourth-order valence-corrected chi connectivity index (χ4v) is 4.28. The Kier molecular flexibility index (Phi) is 5.86. The molecule has 1 atom stereocenters. The summed E-state index contributed by atoms with van der Waals surface area (Å²) in [6.45, 7) is 3.43. The lowest BCUT2D eigenvalue weighted by Crippen LogP contribution is -2.41. The molecule has 1 aromatic heterocycles. The predicted molar refractivity (Wildman–Crippen MR) is 106 cm³/mol. The van der Waals surface area contributed by atoms with Crippen LogP contribution in [0.4, 0.5) is 4.39 Å². The highest BCUT2D eigenvalue weighted by molar-refractivity contribution is 5.94. The smallest absolute Gasteiger partial charge is 0.274 e. The first-order valence-electron chi connectivity index (χ1n) is 9.43. The van der Waals surface area contributed by atoms with Gasteiger partial charge in [0.25, 0.3) is 5.91 Å². The first-order chi connectivity index (χ1) is 12.6. The molecule has 7 heteroatoms. The minimum atomic E-state index is -0.296. The molecule has 2 heterocycles. The molecule has 27 heavy (non-hydrogen) atoms. The molecule has 1 saturated heterocycles. The average Bonchev–Trinajstić information content (AvgIpc) is 3.31. The molecule has 146 valence electrons. The zero-order valence-electron chi connectivity index (χ0n) is 15.8. The van der Waals surface area contributed by atoms with Crippen molar-refractivity contribution in [3.05, 3.63) is 46.5 Å². The van der Waals surface area contributed by atoms with Gasteiger partial charge in [-0.15, -0.1) is 12.4 Å². The van der Waals surface area contributed by atoms with Crippen LogP contribution in [0.2, 0.25) is 0 Å². The largest absolute Gasteiger partial charge is 0.333 e. The van der Waals surface area contributed by atoms with Crippen LogP contribution >= 0.6 is 12.4 Å². The number of nitrogens with one attached hydrogen (secondary N) is 1. The summed E-state index contributed by atoms with van der Waals surface area (Å²) >= 11 is 0. The Morgan fingerprint density at radius 2 is 2.15 bits per heavy atom. The van der Waals surface area contributed by atoms with Crippen molar-refractivity contribution in [3.63, 3.8) is 0 Å². The number of likely N-dealkylation sites (tertiary alicyclic amines) is 1. The number of aryl methyl sites for hydroxylation is 1. The quantitative estimate of drug-likeness (QED) is 0.870. The Morgan fingerprint density at radius 3 is 2.89 bits per heavy atom. The Labute approximate surface area is 165 Å². The van der Waals surface area contributed by atoms with Crippen LogP contribution in [0.3, 0.4) is 0 Å². The van der Waals surface area contributed by atoms with Crippen molar-refractivity contribution >= 4 is 18.3 Å². The number of aromatic nitrogens is 2. The number of nitrogens with zero attached hydrogens (tertiary/aromatic N) is 3. The first kappa shape index (κ1) is 19.8. The number of fused-ring (bicyclic) bond motifs is 1. The number of amides is 1. The lowest BCUT2D eigenvalue weighted by Gasteiger charge is -2.24. The number of hydrogen-bond acceptors (Lipinski definition) is 3.